The molecule has 4 aromatic rings. The average Bonchev–Trinajstić information content (AvgIpc) is 2.92. The van der Waals surface area contributed by atoms with Gasteiger partial charge in [-0.05, 0) is 60.0 Å². The zero-order valence-corrected chi connectivity index (χ0v) is 22.0. The van der Waals surface area contributed by atoms with E-state index in [0.29, 0.717) is 27.3 Å². The van der Waals surface area contributed by atoms with Crippen LogP contribution in [0.3, 0.4) is 0 Å². The number of ketones is 2. The van der Waals surface area contributed by atoms with Crippen LogP contribution in [-0.4, -0.2) is 39.3 Å². The third-order valence-electron chi connectivity index (χ3n) is 6.35. The Morgan fingerprint density at radius 2 is 1.77 bits per heavy atom. The lowest BCUT2D eigenvalue weighted by Crippen LogP contribution is -2.32. The number of carboxylic acid groups (broad SMARTS) is 1. The summed E-state index contributed by atoms with van der Waals surface area (Å²) in [5.41, 5.74) is 2.21. The normalized spacial score (nSPS) is 11.6. The van der Waals surface area contributed by atoms with Crippen LogP contribution in [0.5, 0.6) is 5.75 Å². The second-order valence-corrected chi connectivity index (χ2v) is 9.41. The minimum atomic E-state index is -1.06. The average molecular weight is 545 g/mol. The van der Waals surface area contributed by atoms with E-state index >= 15 is 0 Å². The summed E-state index contributed by atoms with van der Waals surface area (Å²) in [6.45, 7) is 1.42. The van der Waals surface area contributed by atoms with Crippen LogP contribution in [0.4, 0.5) is 0 Å². The van der Waals surface area contributed by atoms with E-state index in [9.17, 15) is 19.2 Å². The number of ether oxygens (including phenoxy) is 1. The van der Waals surface area contributed by atoms with Crippen LogP contribution in [0.1, 0.15) is 44.8 Å². The second-order valence-electron chi connectivity index (χ2n) is 8.97. The lowest BCUT2D eigenvalue weighted by atomic mass is 9.95. The summed E-state index contributed by atoms with van der Waals surface area (Å²) < 4.78 is 6.93. The number of Topliss-reactive ketones (excluding diaryl/α,β-unsaturated/α-hetero) is 2. The molecule has 8 nitrogen and oxygen atoms in total. The number of hydrogen-bond donors (Lipinski definition) is 1. The molecule has 0 saturated carbocycles. The molecule has 2 aromatic carbocycles. The molecular formula is C30H25ClN2O6. The summed E-state index contributed by atoms with van der Waals surface area (Å²) in [4.78, 5) is 54.7. The maximum absolute atomic E-state index is 13.6. The molecule has 0 aliphatic rings. The van der Waals surface area contributed by atoms with Gasteiger partial charge in [-0.25, -0.2) is 4.79 Å². The van der Waals surface area contributed by atoms with Crippen molar-refractivity contribution in [1.29, 1.82) is 0 Å². The van der Waals surface area contributed by atoms with Crippen molar-refractivity contribution in [3.63, 3.8) is 0 Å². The molecule has 39 heavy (non-hydrogen) atoms. The summed E-state index contributed by atoms with van der Waals surface area (Å²) in [7, 11) is 1.44. The first-order chi connectivity index (χ1) is 18.7. The Morgan fingerprint density at radius 1 is 1.03 bits per heavy atom. The Kier molecular flexibility index (Phi) is 8.36. The van der Waals surface area contributed by atoms with Crippen molar-refractivity contribution in [1.82, 2.24) is 9.55 Å². The van der Waals surface area contributed by atoms with Gasteiger partial charge in [0.2, 0.25) is 0 Å². The van der Waals surface area contributed by atoms with Crippen molar-refractivity contribution in [3.8, 4) is 16.9 Å². The van der Waals surface area contributed by atoms with Gasteiger partial charge in [-0.15, -0.1) is 0 Å². The molecule has 0 aliphatic carbocycles. The maximum Gasteiger partial charge on any atom is 0.335 e. The van der Waals surface area contributed by atoms with Crippen molar-refractivity contribution >= 4 is 29.1 Å². The predicted octanol–water partition coefficient (Wildman–Crippen LogP) is 5.07. The van der Waals surface area contributed by atoms with E-state index in [1.54, 1.807) is 48.8 Å². The molecule has 0 aliphatic heterocycles. The third kappa shape index (κ3) is 6.30. The number of carbonyl (C=O) groups excluding carboxylic acids is 2. The molecule has 0 saturated heterocycles. The standard InChI is InChI=1S/C30H25ClN2O6/c1-18(34)23-10-9-22(31)14-24(23)25-15-29(36)33(17-28(25)39-2)26(12-20-4-3-11-32-16-20)27(35)13-19-5-7-21(8-6-19)30(37)38/h3-11,14-17,26H,12-13H2,1-2H3,(H,37,38)/t26-/m0/s1. The van der Waals surface area contributed by atoms with Gasteiger partial charge < -0.3 is 14.4 Å². The number of hydrogen-bond acceptors (Lipinski definition) is 6. The molecule has 1 atom stereocenters. The van der Waals surface area contributed by atoms with E-state index in [1.165, 1.54) is 43.0 Å². The van der Waals surface area contributed by atoms with Crippen molar-refractivity contribution in [2.24, 2.45) is 0 Å². The molecule has 2 aromatic heterocycles. The van der Waals surface area contributed by atoms with Crippen LogP contribution in [0.15, 0.2) is 84.0 Å². The van der Waals surface area contributed by atoms with Crippen molar-refractivity contribution in [3.05, 3.63) is 117 Å². The Morgan fingerprint density at radius 3 is 2.38 bits per heavy atom. The molecule has 1 N–H and O–H groups in total. The number of pyridine rings is 2. The lowest BCUT2D eigenvalue weighted by Gasteiger charge is -2.21. The van der Waals surface area contributed by atoms with E-state index in [0.717, 1.165) is 5.56 Å². The summed E-state index contributed by atoms with van der Waals surface area (Å²) in [6, 6.07) is 14.8. The third-order valence-corrected chi connectivity index (χ3v) is 6.59. The van der Waals surface area contributed by atoms with E-state index in [1.807, 2.05) is 6.07 Å². The van der Waals surface area contributed by atoms with Gasteiger partial charge in [0.25, 0.3) is 5.56 Å². The number of carbonyl (C=O) groups is 3. The summed E-state index contributed by atoms with van der Waals surface area (Å²) in [5.74, 6) is -1.24. The van der Waals surface area contributed by atoms with Gasteiger partial charge in [0, 0.05) is 47.5 Å². The molecule has 198 valence electrons. The highest BCUT2D eigenvalue weighted by Crippen LogP contribution is 2.34. The van der Waals surface area contributed by atoms with Crippen molar-refractivity contribution in [2.45, 2.75) is 25.8 Å². The van der Waals surface area contributed by atoms with Crippen LogP contribution in [0.2, 0.25) is 5.02 Å². The largest absolute Gasteiger partial charge is 0.495 e. The molecule has 0 fully saturated rings. The number of halogens is 1. The number of rotatable bonds is 10. The molecule has 9 heteroatoms. The number of carboxylic acids is 1. The van der Waals surface area contributed by atoms with Crippen molar-refractivity contribution < 1.29 is 24.2 Å². The Hall–Kier alpha value is -4.56. The first-order valence-electron chi connectivity index (χ1n) is 12.0. The first-order valence-corrected chi connectivity index (χ1v) is 12.4. The minimum Gasteiger partial charge on any atom is -0.495 e. The molecule has 0 unspecified atom stereocenters. The molecule has 0 bridgehead atoms. The van der Waals surface area contributed by atoms with Gasteiger partial charge in [0.1, 0.15) is 5.75 Å². The maximum atomic E-state index is 13.6. The zero-order valence-electron chi connectivity index (χ0n) is 21.3. The highest BCUT2D eigenvalue weighted by Gasteiger charge is 2.25. The smallest absolute Gasteiger partial charge is 0.335 e. The van der Waals surface area contributed by atoms with Crippen LogP contribution in [0, 0.1) is 0 Å². The van der Waals surface area contributed by atoms with Gasteiger partial charge in [0.15, 0.2) is 11.6 Å². The fourth-order valence-electron chi connectivity index (χ4n) is 4.39. The van der Waals surface area contributed by atoms with E-state index in [-0.39, 0.29) is 35.7 Å². The molecule has 0 spiro atoms. The molecule has 4 rings (SSSR count). The quantitative estimate of drug-likeness (QED) is 0.277. The number of methoxy groups -OCH3 is 1. The monoisotopic (exact) mass is 544 g/mol. The van der Waals surface area contributed by atoms with Crippen molar-refractivity contribution in [2.75, 3.05) is 7.11 Å². The SMILES string of the molecule is COc1cn([C@@H](Cc2cccnc2)C(=O)Cc2ccc(C(=O)O)cc2)c(=O)cc1-c1cc(Cl)ccc1C(C)=O. The fraction of sp³-hybridized carbons (Fsp3) is 0.167. The highest BCUT2D eigenvalue weighted by molar-refractivity contribution is 6.31. The van der Waals surface area contributed by atoms with E-state index in [2.05, 4.69) is 4.98 Å². The fourth-order valence-corrected chi connectivity index (χ4v) is 4.56. The summed E-state index contributed by atoms with van der Waals surface area (Å²) >= 11 is 6.21. The number of aromatic nitrogens is 2. The minimum absolute atomic E-state index is 0.0237. The number of benzene rings is 2. The summed E-state index contributed by atoms with van der Waals surface area (Å²) in [5, 5.41) is 9.55. The van der Waals surface area contributed by atoms with Crippen LogP contribution < -0.4 is 10.3 Å². The zero-order chi connectivity index (χ0) is 28.1. The van der Waals surface area contributed by atoms with Gasteiger partial charge >= 0.3 is 5.97 Å². The molecule has 0 amide bonds. The van der Waals surface area contributed by atoms with Crippen LogP contribution in [-0.2, 0) is 17.6 Å². The van der Waals surface area contributed by atoms with Crippen LogP contribution in [0.25, 0.3) is 11.1 Å². The Balaban J connectivity index is 1.79. The van der Waals surface area contributed by atoms with Gasteiger partial charge in [-0.2, -0.15) is 0 Å². The lowest BCUT2D eigenvalue weighted by molar-refractivity contribution is -0.121. The van der Waals surface area contributed by atoms with Gasteiger partial charge in [-0.3, -0.25) is 19.4 Å². The van der Waals surface area contributed by atoms with Gasteiger partial charge in [-0.1, -0.05) is 29.8 Å². The second kappa shape index (κ2) is 11.9. The van der Waals surface area contributed by atoms with E-state index in [4.69, 9.17) is 21.4 Å². The molecule has 2 heterocycles. The van der Waals surface area contributed by atoms with Gasteiger partial charge in [0.05, 0.1) is 24.9 Å². The highest BCUT2D eigenvalue weighted by atomic mass is 35.5. The van der Waals surface area contributed by atoms with Crippen LogP contribution >= 0.6 is 11.6 Å². The van der Waals surface area contributed by atoms with E-state index < -0.39 is 17.6 Å². The molecule has 0 radical (unpaired) electrons. The Bertz CT molecular complexity index is 1600. The number of aromatic carboxylic acids is 1. The molecular weight excluding hydrogens is 520 g/mol. The predicted molar refractivity (Wildman–Crippen MR) is 147 cm³/mol. The Labute approximate surface area is 229 Å². The number of nitrogens with zero attached hydrogens (tertiary/aromatic N) is 2. The first kappa shape index (κ1) is 27.5. The topological polar surface area (TPSA) is 116 Å². The summed E-state index contributed by atoms with van der Waals surface area (Å²) in [6.07, 6.45) is 4.88.